The molecule has 1 aliphatic heterocycles. The van der Waals surface area contributed by atoms with Crippen LogP contribution in [0.25, 0.3) is 0 Å². The zero-order chi connectivity index (χ0) is 21.5. The molecule has 0 atom stereocenters. The Morgan fingerprint density at radius 3 is 2.48 bits per heavy atom. The Labute approximate surface area is 180 Å². The van der Waals surface area contributed by atoms with Crippen LogP contribution in [0.2, 0.25) is 0 Å². The highest BCUT2D eigenvalue weighted by Crippen LogP contribution is 2.29. The van der Waals surface area contributed by atoms with Gasteiger partial charge in [-0.1, -0.05) is 30.3 Å². The lowest BCUT2D eigenvalue weighted by molar-refractivity contribution is -0.385. The molecule has 1 aliphatic rings. The molecule has 0 radical (unpaired) electrons. The van der Waals surface area contributed by atoms with Gasteiger partial charge < -0.3 is 14.4 Å². The van der Waals surface area contributed by atoms with Crippen LogP contribution in [-0.2, 0) is 11.3 Å². The largest absolute Gasteiger partial charge is 0.482 e. The first-order valence-corrected chi connectivity index (χ1v) is 10.1. The SMILES string of the molecule is O=[N+]([O-])c1cc(C=Nc2ccc(N3CCOCC3)cc2)ccc1OCc1ccccc1. The molecule has 1 fully saturated rings. The van der Waals surface area contributed by atoms with Gasteiger partial charge in [-0.2, -0.15) is 0 Å². The van der Waals surface area contributed by atoms with Gasteiger partial charge in [-0.05, 0) is 47.5 Å². The minimum absolute atomic E-state index is 0.0810. The van der Waals surface area contributed by atoms with Gasteiger partial charge in [0.2, 0.25) is 0 Å². The van der Waals surface area contributed by atoms with E-state index in [1.807, 2.05) is 54.6 Å². The molecule has 0 N–H and O–H groups in total. The minimum atomic E-state index is -0.436. The molecular weight excluding hydrogens is 394 g/mol. The van der Waals surface area contributed by atoms with E-state index in [9.17, 15) is 10.1 Å². The summed E-state index contributed by atoms with van der Waals surface area (Å²) in [6, 6.07) is 22.3. The molecule has 1 saturated heterocycles. The van der Waals surface area contributed by atoms with E-state index in [0.717, 1.165) is 43.2 Å². The fourth-order valence-electron chi connectivity index (χ4n) is 3.33. The molecule has 4 rings (SSSR count). The van der Waals surface area contributed by atoms with E-state index in [2.05, 4.69) is 9.89 Å². The molecule has 31 heavy (non-hydrogen) atoms. The molecule has 7 heteroatoms. The van der Waals surface area contributed by atoms with Gasteiger partial charge in [-0.3, -0.25) is 15.1 Å². The van der Waals surface area contributed by atoms with Gasteiger partial charge in [0.1, 0.15) is 6.61 Å². The van der Waals surface area contributed by atoms with Crippen LogP contribution in [0.5, 0.6) is 5.75 Å². The number of ether oxygens (including phenoxy) is 2. The van der Waals surface area contributed by atoms with E-state index in [1.165, 1.54) is 6.07 Å². The van der Waals surface area contributed by atoms with E-state index in [0.29, 0.717) is 5.56 Å². The number of nitro groups is 1. The average Bonchev–Trinajstić information content (AvgIpc) is 2.83. The molecule has 0 unspecified atom stereocenters. The summed E-state index contributed by atoms with van der Waals surface area (Å²) >= 11 is 0. The van der Waals surface area contributed by atoms with Crippen molar-refractivity contribution in [1.82, 2.24) is 0 Å². The molecule has 0 aliphatic carbocycles. The second kappa shape index (κ2) is 9.86. The predicted molar refractivity (Wildman–Crippen MR) is 121 cm³/mol. The maximum absolute atomic E-state index is 11.5. The van der Waals surface area contributed by atoms with E-state index in [-0.39, 0.29) is 18.0 Å². The van der Waals surface area contributed by atoms with Gasteiger partial charge in [0.05, 0.1) is 23.8 Å². The summed E-state index contributed by atoms with van der Waals surface area (Å²) in [5, 5.41) is 11.5. The Hall–Kier alpha value is -3.71. The van der Waals surface area contributed by atoms with Crippen LogP contribution in [0.15, 0.2) is 77.8 Å². The molecule has 0 aromatic heterocycles. The van der Waals surface area contributed by atoms with Crippen LogP contribution >= 0.6 is 0 Å². The van der Waals surface area contributed by atoms with Crippen molar-refractivity contribution in [3.8, 4) is 5.75 Å². The highest BCUT2D eigenvalue weighted by molar-refractivity contribution is 5.83. The van der Waals surface area contributed by atoms with E-state index < -0.39 is 4.92 Å². The van der Waals surface area contributed by atoms with E-state index in [1.54, 1.807) is 18.3 Å². The molecule has 1 heterocycles. The fraction of sp³-hybridized carbons (Fsp3) is 0.208. The number of nitro benzene ring substituents is 1. The molecule has 7 nitrogen and oxygen atoms in total. The van der Waals surface area contributed by atoms with Gasteiger partial charge >= 0.3 is 5.69 Å². The van der Waals surface area contributed by atoms with Gasteiger partial charge in [0.25, 0.3) is 0 Å². The van der Waals surface area contributed by atoms with Crippen LogP contribution < -0.4 is 9.64 Å². The lowest BCUT2D eigenvalue weighted by atomic mass is 10.2. The summed E-state index contributed by atoms with van der Waals surface area (Å²) in [5.41, 5.74) is 3.42. The average molecular weight is 417 g/mol. The molecular formula is C24H23N3O4. The van der Waals surface area contributed by atoms with Gasteiger partial charge in [-0.15, -0.1) is 0 Å². The lowest BCUT2D eigenvalue weighted by Gasteiger charge is -2.28. The smallest absolute Gasteiger partial charge is 0.311 e. The maximum Gasteiger partial charge on any atom is 0.311 e. The Bertz CT molecular complexity index is 1050. The number of aliphatic imine (C=N–C) groups is 1. The van der Waals surface area contributed by atoms with Crippen LogP contribution in [-0.4, -0.2) is 37.4 Å². The molecule has 0 spiro atoms. The number of hydrogen-bond donors (Lipinski definition) is 0. The minimum Gasteiger partial charge on any atom is -0.482 e. The number of morpholine rings is 1. The van der Waals surface area contributed by atoms with Crippen molar-refractivity contribution in [3.05, 3.63) is 94.0 Å². The number of rotatable bonds is 7. The number of anilines is 1. The quantitative estimate of drug-likeness (QED) is 0.315. The van der Waals surface area contributed by atoms with Crippen molar-refractivity contribution < 1.29 is 14.4 Å². The van der Waals surface area contributed by atoms with Crippen molar-refractivity contribution in [2.75, 3.05) is 31.2 Å². The van der Waals surface area contributed by atoms with Crippen LogP contribution in [0, 0.1) is 10.1 Å². The summed E-state index contributed by atoms with van der Waals surface area (Å²) < 4.78 is 11.1. The van der Waals surface area contributed by atoms with Crippen LogP contribution in [0.3, 0.4) is 0 Å². The third kappa shape index (κ3) is 5.46. The van der Waals surface area contributed by atoms with Crippen molar-refractivity contribution in [2.45, 2.75) is 6.61 Å². The predicted octanol–water partition coefficient (Wildman–Crippen LogP) is 4.76. The van der Waals surface area contributed by atoms with Gasteiger partial charge in [0, 0.05) is 31.1 Å². The van der Waals surface area contributed by atoms with Gasteiger partial charge in [0.15, 0.2) is 5.75 Å². The van der Waals surface area contributed by atoms with Gasteiger partial charge in [-0.25, -0.2) is 0 Å². The summed E-state index contributed by atoms with van der Waals surface area (Å²) in [7, 11) is 0. The fourth-order valence-corrected chi connectivity index (χ4v) is 3.33. The number of hydrogen-bond acceptors (Lipinski definition) is 6. The third-order valence-electron chi connectivity index (χ3n) is 5.01. The van der Waals surface area contributed by atoms with Crippen molar-refractivity contribution in [1.29, 1.82) is 0 Å². The van der Waals surface area contributed by atoms with E-state index in [4.69, 9.17) is 9.47 Å². The third-order valence-corrected chi connectivity index (χ3v) is 5.01. The maximum atomic E-state index is 11.5. The standard InChI is InChI=1S/C24H23N3O4/c28-27(29)23-16-20(6-11-24(23)31-18-19-4-2-1-3-5-19)17-25-21-7-9-22(10-8-21)26-12-14-30-15-13-26/h1-11,16-17H,12-15,18H2. The molecule has 0 saturated carbocycles. The Morgan fingerprint density at radius 1 is 1.03 bits per heavy atom. The first-order chi connectivity index (χ1) is 15.2. The number of benzene rings is 3. The Morgan fingerprint density at radius 2 is 1.77 bits per heavy atom. The zero-order valence-corrected chi connectivity index (χ0v) is 17.0. The number of nitrogens with zero attached hydrogens (tertiary/aromatic N) is 3. The van der Waals surface area contributed by atoms with Crippen LogP contribution in [0.4, 0.5) is 17.1 Å². The summed E-state index contributed by atoms with van der Waals surface area (Å²) in [5.74, 6) is 0.237. The normalized spacial score (nSPS) is 14.0. The monoisotopic (exact) mass is 417 g/mol. The first kappa shape index (κ1) is 20.6. The molecule has 158 valence electrons. The highest BCUT2D eigenvalue weighted by atomic mass is 16.6. The highest BCUT2D eigenvalue weighted by Gasteiger charge is 2.16. The molecule has 3 aromatic carbocycles. The molecule has 0 bridgehead atoms. The van der Waals surface area contributed by atoms with Crippen molar-refractivity contribution in [2.24, 2.45) is 4.99 Å². The van der Waals surface area contributed by atoms with E-state index >= 15 is 0 Å². The molecule has 0 amide bonds. The zero-order valence-electron chi connectivity index (χ0n) is 17.0. The van der Waals surface area contributed by atoms with Crippen LogP contribution in [0.1, 0.15) is 11.1 Å². The first-order valence-electron chi connectivity index (χ1n) is 10.1. The lowest BCUT2D eigenvalue weighted by Crippen LogP contribution is -2.36. The Kier molecular flexibility index (Phi) is 6.54. The summed E-state index contributed by atoms with van der Waals surface area (Å²) in [4.78, 5) is 17.8. The summed E-state index contributed by atoms with van der Waals surface area (Å²) in [6.45, 7) is 3.51. The molecule has 3 aromatic rings. The second-order valence-electron chi connectivity index (χ2n) is 7.13. The second-order valence-corrected chi connectivity index (χ2v) is 7.13. The van der Waals surface area contributed by atoms with Crippen molar-refractivity contribution in [3.63, 3.8) is 0 Å². The Balaban J connectivity index is 1.44. The topological polar surface area (TPSA) is 77.2 Å². The summed E-state index contributed by atoms with van der Waals surface area (Å²) in [6.07, 6.45) is 1.62. The van der Waals surface area contributed by atoms with Crippen molar-refractivity contribution >= 4 is 23.3 Å².